The maximum Gasteiger partial charge on any atom is 0.0651 e. The van der Waals surface area contributed by atoms with Crippen molar-refractivity contribution >= 4 is 39.9 Å². The van der Waals surface area contributed by atoms with Crippen LogP contribution >= 0.6 is 34.2 Å². The third-order valence-electron chi connectivity index (χ3n) is 2.29. The molecule has 2 N–H and O–H groups in total. The number of halogens is 2. The van der Waals surface area contributed by atoms with Gasteiger partial charge in [0.25, 0.3) is 0 Å². The number of benzene rings is 1. The van der Waals surface area contributed by atoms with Gasteiger partial charge in [0.15, 0.2) is 0 Å². The van der Waals surface area contributed by atoms with Crippen molar-refractivity contribution in [1.82, 2.24) is 10.2 Å². The second-order valence-corrected chi connectivity index (χ2v) is 5.10. The molecule has 0 aliphatic carbocycles. The van der Waals surface area contributed by atoms with Crippen LogP contribution in [0.25, 0.3) is 0 Å². The zero-order valence-corrected chi connectivity index (χ0v) is 11.6. The Morgan fingerprint density at radius 2 is 2.25 bits per heavy atom. The lowest BCUT2D eigenvalue weighted by Crippen LogP contribution is -2.08. The van der Waals surface area contributed by atoms with Crippen LogP contribution < -0.4 is 5.32 Å². The number of rotatable bonds is 3. The molecule has 0 aliphatic heterocycles. The normalized spacial score (nSPS) is 12.4. The molecule has 5 heteroatoms. The topological polar surface area (TPSA) is 40.7 Å². The van der Waals surface area contributed by atoms with Crippen molar-refractivity contribution in [3.05, 3.63) is 44.7 Å². The lowest BCUT2D eigenvalue weighted by atomic mass is 10.2. The van der Waals surface area contributed by atoms with E-state index in [0.29, 0.717) is 0 Å². The molecule has 1 atom stereocenters. The summed E-state index contributed by atoms with van der Waals surface area (Å²) in [5, 5.41) is 11.0. The number of nitrogens with zero attached hydrogens (tertiary/aromatic N) is 1. The molecule has 1 heterocycles. The van der Waals surface area contributed by atoms with E-state index in [1.54, 1.807) is 6.20 Å². The first kappa shape index (κ1) is 11.7. The Hall–Kier alpha value is -0.750. The fraction of sp³-hybridized carbons (Fsp3) is 0.182. The molecular weight excluding hydrogens is 336 g/mol. The fourth-order valence-corrected chi connectivity index (χ4v) is 2.45. The molecule has 2 aromatic rings. The molecule has 0 bridgehead atoms. The molecule has 1 unspecified atom stereocenters. The predicted molar refractivity (Wildman–Crippen MR) is 74.8 cm³/mol. The van der Waals surface area contributed by atoms with E-state index >= 15 is 0 Å². The molecule has 0 amide bonds. The fourth-order valence-electron chi connectivity index (χ4n) is 1.43. The highest BCUT2D eigenvalue weighted by Crippen LogP contribution is 2.25. The van der Waals surface area contributed by atoms with Gasteiger partial charge in [0.05, 0.1) is 11.7 Å². The molecule has 16 heavy (non-hydrogen) atoms. The minimum absolute atomic E-state index is 0.192. The van der Waals surface area contributed by atoms with Gasteiger partial charge in [0.1, 0.15) is 0 Å². The average Bonchev–Trinajstić information content (AvgIpc) is 2.75. The summed E-state index contributed by atoms with van der Waals surface area (Å²) in [6, 6.07) is 7.95. The number of nitrogens with one attached hydrogen (secondary N) is 2. The zero-order chi connectivity index (χ0) is 11.5. The van der Waals surface area contributed by atoms with Gasteiger partial charge in [-0.1, -0.05) is 11.6 Å². The largest absolute Gasteiger partial charge is 0.376 e. The predicted octanol–water partition coefficient (Wildman–Crippen LogP) is 3.84. The molecule has 0 radical (unpaired) electrons. The SMILES string of the molecule is CC(Nc1ccc(Cl)cc1I)c1ccn[nH]1. The Bertz CT molecular complexity index is 470. The summed E-state index contributed by atoms with van der Waals surface area (Å²) in [6.07, 6.45) is 1.75. The van der Waals surface area contributed by atoms with Crippen molar-refractivity contribution in [3.8, 4) is 0 Å². The Balaban J connectivity index is 2.15. The highest BCUT2D eigenvalue weighted by molar-refractivity contribution is 14.1. The summed E-state index contributed by atoms with van der Waals surface area (Å²) >= 11 is 8.17. The van der Waals surface area contributed by atoms with E-state index in [9.17, 15) is 0 Å². The number of anilines is 1. The summed E-state index contributed by atoms with van der Waals surface area (Å²) in [5.41, 5.74) is 2.14. The van der Waals surface area contributed by atoms with Crippen LogP contribution in [0.4, 0.5) is 5.69 Å². The summed E-state index contributed by atoms with van der Waals surface area (Å²) in [4.78, 5) is 0. The van der Waals surface area contributed by atoms with Crippen LogP contribution in [0, 0.1) is 3.57 Å². The Labute approximate surface area is 113 Å². The smallest absolute Gasteiger partial charge is 0.0651 e. The summed E-state index contributed by atoms with van der Waals surface area (Å²) < 4.78 is 1.11. The van der Waals surface area contributed by atoms with E-state index in [4.69, 9.17) is 11.6 Å². The summed E-state index contributed by atoms with van der Waals surface area (Å²) in [7, 11) is 0. The Morgan fingerprint density at radius 3 is 2.88 bits per heavy atom. The van der Waals surface area contributed by atoms with E-state index < -0.39 is 0 Å². The molecule has 84 valence electrons. The van der Waals surface area contributed by atoms with Gasteiger partial charge in [0, 0.05) is 20.5 Å². The number of aromatic amines is 1. The maximum atomic E-state index is 5.90. The maximum absolute atomic E-state index is 5.90. The van der Waals surface area contributed by atoms with Gasteiger partial charge in [-0.25, -0.2) is 0 Å². The molecule has 2 rings (SSSR count). The van der Waals surface area contributed by atoms with Crippen LogP contribution in [0.2, 0.25) is 5.02 Å². The first-order valence-corrected chi connectivity index (χ1v) is 6.33. The minimum Gasteiger partial charge on any atom is -0.376 e. The van der Waals surface area contributed by atoms with Crippen LogP contribution in [-0.2, 0) is 0 Å². The van der Waals surface area contributed by atoms with E-state index in [2.05, 4.69) is 45.0 Å². The highest BCUT2D eigenvalue weighted by atomic mass is 127. The first-order chi connectivity index (χ1) is 7.66. The third-order valence-corrected chi connectivity index (χ3v) is 3.42. The van der Waals surface area contributed by atoms with Gasteiger partial charge in [-0.05, 0) is 53.8 Å². The van der Waals surface area contributed by atoms with Gasteiger partial charge in [0.2, 0.25) is 0 Å². The molecule has 0 aliphatic rings. The average molecular weight is 348 g/mol. The van der Waals surface area contributed by atoms with Crippen molar-refractivity contribution in [1.29, 1.82) is 0 Å². The molecule has 1 aromatic carbocycles. The van der Waals surface area contributed by atoms with Crippen LogP contribution in [0.3, 0.4) is 0 Å². The van der Waals surface area contributed by atoms with Crippen LogP contribution in [0.15, 0.2) is 30.5 Å². The number of hydrogen-bond donors (Lipinski definition) is 2. The molecule has 1 aromatic heterocycles. The van der Waals surface area contributed by atoms with Crippen molar-refractivity contribution in [2.45, 2.75) is 13.0 Å². The minimum atomic E-state index is 0.192. The molecule has 0 saturated heterocycles. The van der Waals surface area contributed by atoms with Crippen LogP contribution in [0.1, 0.15) is 18.7 Å². The first-order valence-electron chi connectivity index (χ1n) is 4.87. The van der Waals surface area contributed by atoms with Crippen LogP contribution in [0.5, 0.6) is 0 Å². The van der Waals surface area contributed by atoms with Gasteiger partial charge >= 0.3 is 0 Å². The lowest BCUT2D eigenvalue weighted by molar-refractivity contribution is 0.825. The second-order valence-electron chi connectivity index (χ2n) is 3.50. The van der Waals surface area contributed by atoms with Gasteiger partial charge < -0.3 is 5.32 Å². The molecule has 0 fully saturated rings. The van der Waals surface area contributed by atoms with Crippen molar-refractivity contribution in [2.24, 2.45) is 0 Å². The standard InChI is InChI=1S/C11H11ClIN3/c1-7(10-4-5-14-16-10)15-11-3-2-8(12)6-9(11)13/h2-7,15H,1H3,(H,14,16). The number of aromatic nitrogens is 2. The van der Waals surface area contributed by atoms with Gasteiger partial charge in [-0.2, -0.15) is 5.10 Å². The van der Waals surface area contributed by atoms with E-state index in [1.165, 1.54) is 0 Å². The van der Waals surface area contributed by atoms with Crippen molar-refractivity contribution < 1.29 is 0 Å². The van der Waals surface area contributed by atoms with Crippen LogP contribution in [-0.4, -0.2) is 10.2 Å². The lowest BCUT2D eigenvalue weighted by Gasteiger charge is -2.15. The van der Waals surface area contributed by atoms with Crippen molar-refractivity contribution in [3.63, 3.8) is 0 Å². The van der Waals surface area contributed by atoms with Gasteiger partial charge in [-0.15, -0.1) is 0 Å². The van der Waals surface area contributed by atoms with Crippen molar-refractivity contribution in [2.75, 3.05) is 5.32 Å². The molecule has 0 spiro atoms. The van der Waals surface area contributed by atoms with E-state index in [-0.39, 0.29) is 6.04 Å². The molecule has 0 saturated carbocycles. The Morgan fingerprint density at radius 1 is 1.44 bits per heavy atom. The summed E-state index contributed by atoms with van der Waals surface area (Å²) in [5.74, 6) is 0. The highest BCUT2D eigenvalue weighted by Gasteiger charge is 2.08. The molecule has 3 nitrogen and oxygen atoms in total. The number of hydrogen-bond acceptors (Lipinski definition) is 2. The third kappa shape index (κ3) is 2.68. The monoisotopic (exact) mass is 347 g/mol. The zero-order valence-electron chi connectivity index (χ0n) is 8.67. The number of H-pyrrole nitrogens is 1. The quantitative estimate of drug-likeness (QED) is 0.828. The van der Waals surface area contributed by atoms with E-state index in [1.807, 2.05) is 24.3 Å². The summed E-state index contributed by atoms with van der Waals surface area (Å²) in [6.45, 7) is 2.08. The van der Waals surface area contributed by atoms with Gasteiger partial charge in [-0.3, -0.25) is 5.10 Å². The second kappa shape index (κ2) is 5.05. The molecular formula is C11H11ClIN3. The van der Waals surface area contributed by atoms with E-state index in [0.717, 1.165) is 20.0 Å². The Kier molecular flexibility index (Phi) is 3.70.